The third-order valence-electron chi connectivity index (χ3n) is 5.35. The van der Waals surface area contributed by atoms with E-state index in [-0.39, 0.29) is 12.3 Å². The molecule has 1 saturated heterocycles. The van der Waals surface area contributed by atoms with Gasteiger partial charge in [-0.05, 0) is 49.4 Å². The molecule has 1 aromatic carbocycles. The van der Waals surface area contributed by atoms with E-state index in [0.29, 0.717) is 61.3 Å². The number of carbonyl (C=O) groups excluding carboxylic acids is 1. The number of anilines is 2. The Bertz CT molecular complexity index is 943. The lowest BCUT2D eigenvalue weighted by molar-refractivity contribution is -0.141. The van der Waals surface area contributed by atoms with Crippen LogP contribution in [0.3, 0.4) is 0 Å². The Balaban J connectivity index is 1.45. The van der Waals surface area contributed by atoms with E-state index in [1.165, 1.54) is 6.07 Å². The third-order valence-corrected chi connectivity index (χ3v) is 5.35. The van der Waals surface area contributed by atoms with Crippen molar-refractivity contribution in [2.45, 2.75) is 38.3 Å². The van der Waals surface area contributed by atoms with Gasteiger partial charge in [-0.3, -0.25) is 4.79 Å². The molecular formula is C22H24F3N3O3. The molecule has 3 heterocycles. The number of rotatable bonds is 5. The van der Waals surface area contributed by atoms with E-state index in [2.05, 4.69) is 10.3 Å². The Labute approximate surface area is 178 Å². The molecule has 31 heavy (non-hydrogen) atoms. The lowest BCUT2D eigenvalue weighted by Gasteiger charge is -2.30. The smallest absolute Gasteiger partial charge is 0.433 e. The van der Waals surface area contributed by atoms with Crippen molar-refractivity contribution in [1.82, 2.24) is 4.98 Å². The fourth-order valence-electron chi connectivity index (χ4n) is 3.80. The number of benzene rings is 1. The Morgan fingerprint density at radius 2 is 1.77 bits per heavy atom. The summed E-state index contributed by atoms with van der Waals surface area (Å²) in [6, 6.07) is 7.59. The molecule has 9 heteroatoms. The molecule has 4 rings (SSSR count). The molecule has 1 N–H and O–H groups in total. The number of pyridine rings is 1. The molecular weight excluding hydrogens is 411 g/mol. The van der Waals surface area contributed by atoms with Crippen LogP contribution in [-0.4, -0.2) is 37.2 Å². The number of piperidine rings is 1. The van der Waals surface area contributed by atoms with Gasteiger partial charge in [0.15, 0.2) is 11.5 Å². The van der Waals surface area contributed by atoms with Crippen molar-refractivity contribution in [3.8, 4) is 11.5 Å². The van der Waals surface area contributed by atoms with Gasteiger partial charge in [-0.2, -0.15) is 13.2 Å². The number of carbonyl (C=O) groups is 1. The first-order valence-corrected chi connectivity index (χ1v) is 10.4. The number of halogens is 3. The average molecular weight is 435 g/mol. The van der Waals surface area contributed by atoms with E-state index in [4.69, 9.17) is 9.47 Å². The van der Waals surface area contributed by atoms with Crippen LogP contribution in [0.5, 0.6) is 11.5 Å². The molecule has 2 aliphatic rings. The number of amides is 1. The van der Waals surface area contributed by atoms with Crippen LogP contribution in [0.15, 0.2) is 30.3 Å². The molecule has 1 aromatic heterocycles. The summed E-state index contributed by atoms with van der Waals surface area (Å²) in [5.41, 5.74) is 0.320. The Morgan fingerprint density at radius 1 is 1.03 bits per heavy atom. The van der Waals surface area contributed by atoms with Gasteiger partial charge in [-0.15, -0.1) is 0 Å². The molecule has 1 fully saturated rings. The van der Waals surface area contributed by atoms with Gasteiger partial charge in [0.05, 0.1) is 0 Å². The zero-order valence-electron chi connectivity index (χ0n) is 17.0. The second kappa shape index (κ2) is 9.03. The standard InChI is InChI=1S/C22H24F3N3O3/c23-22(24,25)19-8-4-15(21(27-19)28-10-2-1-3-11-28)5-9-20(29)26-16-6-7-17-18(14-16)31-13-12-30-17/h4,6-8,14H,1-3,5,9-13H2,(H,26,29). The number of aryl methyl sites for hydroxylation is 1. The second-order valence-electron chi connectivity index (χ2n) is 7.63. The molecule has 6 nitrogen and oxygen atoms in total. The van der Waals surface area contributed by atoms with Crippen molar-refractivity contribution in [3.05, 3.63) is 41.6 Å². The van der Waals surface area contributed by atoms with Gasteiger partial charge in [0.1, 0.15) is 24.7 Å². The normalized spacial score (nSPS) is 16.2. The quantitative estimate of drug-likeness (QED) is 0.753. The first-order chi connectivity index (χ1) is 14.9. The van der Waals surface area contributed by atoms with Crippen molar-refractivity contribution < 1.29 is 27.4 Å². The van der Waals surface area contributed by atoms with Crippen LogP contribution in [0.25, 0.3) is 0 Å². The van der Waals surface area contributed by atoms with Crippen LogP contribution in [0.1, 0.15) is 36.9 Å². The van der Waals surface area contributed by atoms with Gasteiger partial charge in [-0.1, -0.05) is 6.07 Å². The van der Waals surface area contributed by atoms with E-state index < -0.39 is 11.9 Å². The molecule has 166 valence electrons. The number of alkyl halides is 3. The first-order valence-electron chi connectivity index (χ1n) is 10.4. The van der Waals surface area contributed by atoms with Gasteiger partial charge < -0.3 is 19.7 Å². The number of hydrogen-bond acceptors (Lipinski definition) is 5. The fraction of sp³-hybridized carbons (Fsp3) is 0.455. The molecule has 1 amide bonds. The van der Waals surface area contributed by atoms with Crippen LogP contribution in [0.2, 0.25) is 0 Å². The maximum atomic E-state index is 13.2. The van der Waals surface area contributed by atoms with Crippen LogP contribution >= 0.6 is 0 Å². The van der Waals surface area contributed by atoms with Crippen molar-refractivity contribution in [2.75, 3.05) is 36.5 Å². The highest BCUT2D eigenvalue weighted by Crippen LogP contribution is 2.33. The molecule has 0 radical (unpaired) electrons. The zero-order valence-corrected chi connectivity index (χ0v) is 17.0. The Hall–Kier alpha value is -2.97. The maximum absolute atomic E-state index is 13.2. The fourth-order valence-corrected chi connectivity index (χ4v) is 3.80. The predicted octanol–water partition coefficient (Wildman–Crippen LogP) is 4.43. The Morgan fingerprint density at radius 3 is 2.52 bits per heavy atom. The molecule has 0 bridgehead atoms. The van der Waals surface area contributed by atoms with Gasteiger partial charge in [0, 0.05) is 31.3 Å². The SMILES string of the molecule is O=C(CCc1ccc(C(F)(F)F)nc1N1CCCCC1)Nc1ccc2c(c1)OCCO2. The summed E-state index contributed by atoms with van der Waals surface area (Å²) in [5, 5.41) is 2.81. The minimum Gasteiger partial charge on any atom is -0.486 e. The topological polar surface area (TPSA) is 63.7 Å². The maximum Gasteiger partial charge on any atom is 0.433 e. The van der Waals surface area contributed by atoms with Crippen molar-refractivity contribution >= 4 is 17.4 Å². The van der Waals surface area contributed by atoms with E-state index in [1.807, 2.05) is 4.90 Å². The summed E-state index contributed by atoms with van der Waals surface area (Å²) < 4.78 is 50.5. The molecule has 2 aromatic rings. The first kappa shape index (κ1) is 21.3. The van der Waals surface area contributed by atoms with Crippen LogP contribution in [0, 0.1) is 0 Å². The molecule has 2 aliphatic heterocycles. The minimum atomic E-state index is -4.50. The van der Waals surface area contributed by atoms with Crippen LogP contribution < -0.4 is 19.7 Å². The van der Waals surface area contributed by atoms with Crippen LogP contribution in [0.4, 0.5) is 24.7 Å². The largest absolute Gasteiger partial charge is 0.486 e. The summed E-state index contributed by atoms with van der Waals surface area (Å²) in [5.74, 6) is 1.30. The molecule has 0 atom stereocenters. The number of nitrogens with one attached hydrogen (secondary N) is 1. The Kier molecular flexibility index (Phi) is 6.20. The molecule has 0 saturated carbocycles. The van der Waals surface area contributed by atoms with Gasteiger partial charge in [-0.25, -0.2) is 4.98 Å². The average Bonchev–Trinajstić information content (AvgIpc) is 2.77. The summed E-state index contributed by atoms with van der Waals surface area (Å²) >= 11 is 0. The number of aromatic nitrogens is 1. The molecule has 0 aliphatic carbocycles. The number of hydrogen-bond donors (Lipinski definition) is 1. The van der Waals surface area contributed by atoms with Crippen LogP contribution in [-0.2, 0) is 17.4 Å². The van der Waals surface area contributed by atoms with Gasteiger partial charge >= 0.3 is 6.18 Å². The van der Waals surface area contributed by atoms with E-state index in [9.17, 15) is 18.0 Å². The summed E-state index contributed by atoms with van der Waals surface area (Å²) in [4.78, 5) is 18.3. The lowest BCUT2D eigenvalue weighted by atomic mass is 10.1. The van der Waals surface area contributed by atoms with Gasteiger partial charge in [0.25, 0.3) is 0 Å². The second-order valence-corrected chi connectivity index (χ2v) is 7.63. The summed E-state index contributed by atoms with van der Waals surface area (Å²) in [7, 11) is 0. The van der Waals surface area contributed by atoms with E-state index in [0.717, 1.165) is 25.3 Å². The van der Waals surface area contributed by atoms with Crippen molar-refractivity contribution in [2.24, 2.45) is 0 Å². The van der Waals surface area contributed by atoms with E-state index >= 15 is 0 Å². The number of ether oxygens (including phenoxy) is 2. The highest BCUT2D eigenvalue weighted by Gasteiger charge is 2.33. The summed E-state index contributed by atoms with van der Waals surface area (Å²) in [6.07, 6.45) is -1.18. The highest BCUT2D eigenvalue weighted by atomic mass is 19.4. The lowest BCUT2D eigenvalue weighted by Crippen LogP contribution is -2.32. The van der Waals surface area contributed by atoms with E-state index in [1.54, 1.807) is 18.2 Å². The third kappa shape index (κ3) is 5.21. The highest BCUT2D eigenvalue weighted by molar-refractivity contribution is 5.91. The molecule has 0 unspecified atom stereocenters. The van der Waals surface area contributed by atoms with Crippen molar-refractivity contribution in [1.29, 1.82) is 0 Å². The van der Waals surface area contributed by atoms with Crippen molar-refractivity contribution in [3.63, 3.8) is 0 Å². The minimum absolute atomic E-state index is 0.127. The van der Waals surface area contributed by atoms with Gasteiger partial charge in [0.2, 0.25) is 5.91 Å². The monoisotopic (exact) mass is 435 g/mol. The summed E-state index contributed by atoms with van der Waals surface area (Å²) in [6.45, 7) is 2.28. The number of nitrogens with zero attached hydrogens (tertiary/aromatic N) is 2. The number of fused-ring (bicyclic) bond motifs is 1. The predicted molar refractivity (Wildman–Crippen MR) is 110 cm³/mol. The zero-order chi connectivity index (χ0) is 21.8. The molecule has 0 spiro atoms.